The van der Waals surface area contributed by atoms with Gasteiger partial charge in [0.25, 0.3) is 10.0 Å². The Kier molecular flexibility index (Phi) is 3.65. The predicted molar refractivity (Wildman–Crippen MR) is 84.7 cm³/mol. The van der Waals surface area contributed by atoms with Gasteiger partial charge in [0.15, 0.2) is 0 Å². The molecule has 0 bridgehead atoms. The Morgan fingerprint density at radius 3 is 2.43 bits per heavy atom. The van der Waals surface area contributed by atoms with Gasteiger partial charge in [-0.15, -0.1) is 4.40 Å². The van der Waals surface area contributed by atoms with Crippen LogP contribution < -0.4 is 4.80 Å². The van der Waals surface area contributed by atoms with E-state index in [-0.39, 0.29) is 4.90 Å². The monoisotopic (exact) mass is 318 g/mol. The first-order chi connectivity index (χ1) is 10.1. The van der Waals surface area contributed by atoms with E-state index in [0.717, 1.165) is 10.2 Å². The Labute approximate surface area is 127 Å². The lowest BCUT2D eigenvalue weighted by molar-refractivity contribution is 0.595. The highest BCUT2D eigenvalue weighted by Gasteiger charge is 2.13. The molecule has 0 N–H and O–H groups in total. The Morgan fingerprint density at radius 1 is 1.05 bits per heavy atom. The van der Waals surface area contributed by atoms with Gasteiger partial charge in [-0.3, -0.25) is 0 Å². The average molecular weight is 318 g/mol. The van der Waals surface area contributed by atoms with Crippen LogP contribution in [0.4, 0.5) is 0 Å². The molecule has 4 nitrogen and oxygen atoms in total. The van der Waals surface area contributed by atoms with Crippen molar-refractivity contribution < 1.29 is 8.42 Å². The highest BCUT2D eigenvalue weighted by Crippen LogP contribution is 2.18. The molecule has 21 heavy (non-hydrogen) atoms. The van der Waals surface area contributed by atoms with Gasteiger partial charge in [0, 0.05) is 6.54 Å². The molecule has 3 aromatic rings. The summed E-state index contributed by atoms with van der Waals surface area (Å²) in [6.07, 6.45) is 0. The molecule has 1 aromatic heterocycles. The molecular formula is C15H14N2O2S2. The van der Waals surface area contributed by atoms with Crippen LogP contribution in [0.2, 0.25) is 0 Å². The number of sulfonamides is 1. The first-order valence-corrected chi connectivity index (χ1v) is 8.82. The minimum atomic E-state index is -3.68. The standard InChI is InChI=1S/C15H14N2O2S2/c1-2-17-13-10-6-7-11-14(13)20-15(17)16-21(18,19)12-8-4-3-5-9-12/h3-11H,2H2,1H3/b16-15-. The quantitative estimate of drug-likeness (QED) is 0.745. The summed E-state index contributed by atoms with van der Waals surface area (Å²) in [5.74, 6) is 0. The van der Waals surface area contributed by atoms with E-state index in [1.165, 1.54) is 11.3 Å². The van der Waals surface area contributed by atoms with Gasteiger partial charge >= 0.3 is 0 Å². The van der Waals surface area contributed by atoms with E-state index in [4.69, 9.17) is 0 Å². The lowest BCUT2D eigenvalue weighted by Crippen LogP contribution is -2.16. The average Bonchev–Trinajstić information content (AvgIpc) is 2.84. The first kappa shape index (κ1) is 14.0. The molecule has 0 aliphatic heterocycles. The zero-order valence-electron chi connectivity index (χ0n) is 11.4. The van der Waals surface area contributed by atoms with Crippen LogP contribution in [0.25, 0.3) is 10.2 Å². The van der Waals surface area contributed by atoms with Gasteiger partial charge in [0.05, 0.1) is 15.1 Å². The summed E-state index contributed by atoms with van der Waals surface area (Å²) in [4.78, 5) is 0.715. The maximum absolute atomic E-state index is 12.4. The van der Waals surface area contributed by atoms with Crippen LogP contribution in [-0.4, -0.2) is 13.0 Å². The Hall–Kier alpha value is -1.92. The topological polar surface area (TPSA) is 51.4 Å². The molecule has 0 aliphatic carbocycles. The van der Waals surface area contributed by atoms with Crippen LogP contribution in [0.1, 0.15) is 6.92 Å². The van der Waals surface area contributed by atoms with Crippen molar-refractivity contribution in [1.29, 1.82) is 0 Å². The van der Waals surface area contributed by atoms with E-state index in [1.54, 1.807) is 30.3 Å². The number of hydrogen-bond acceptors (Lipinski definition) is 3. The summed E-state index contributed by atoms with van der Waals surface area (Å²) in [6.45, 7) is 2.65. The molecule has 0 saturated carbocycles. The van der Waals surface area contributed by atoms with Crippen molar-refractivity contribution in [3.05, 3.63) is 59.4 Å². The van der Waals surface area contributed by atoms with Crippen molar-refractivity contribution >= 4 is 31.6 Å². The number of aryl methyl sites for hydroxylation is 1. The van der Waals surface area contributed by atoms with Crippen LogP contribution in [0, 0.1) is 0 Å². The predicted octanol–water partition coefficient (Wildman–Crippen LogP) is 3.01. The highest BCUT2D eigenvalue weighted by molar-refractivity contribution is 7.90. The van der Waals surface area contributed by atoms with Gasteiger partial charge in [-0.05, 0) is 31.2 Å². The fraction of sp³-hybridized carbons (Fsp3) is 0.133. The van der Waals surface area contributed by atoms with E-state index in [9.17, 15) is 8.42 Å². The molecule has 1 heterocycles. The molecule has 0 fully saturated rings. The summed E-state index contributed by atoms with van der Waals surface area (Å²) in [5, 5.41) is 0. The Bertz CT molecular complexity index is 938. The summed E-state index contributed by atoms with van der Waals surface area (Å²) >= 11 is 1.39. The highest BCUT2D eigenvalue weighted by atomic mass is 32.2. The van der Waals surface area contributed by atoms with Crippen molar-refractivity contribution in [2.24, 2.45) is 4.40 Å². The second-order valence-electron chi connectivity index (χ2n) is 4.48. The van der Waals surface area contributed by atoms with Gasteiger partial charge in [-0.25, -0.2) is 0 Å². The minimum absolute atomic E-state index is 0.213. The second kappa shape index (κ2) is 5.46. The van der Waals surface area contributed by atoms with E-state index in [2.05, 4.69) is 4.40 Å². The van der Waals surface area contributed by atoms with Crippen LogP contribution in [0.3, 0.4) is 0 Å². The largest absolute Gasteiger partial charge is 0.316 e. The molecule has 6 heteroatoms. The van der Waals surface area contributed by atoms with E-state index in [1.807, 2.05) is 35.8 Å². The third kappa shape index (κ3) is 2.64. The van der Waals surface area contributed by atoms with Crippen LogP contribution in [0.5, 0.6) is 0 Å². The number of nitrogens with zero attached hydrogens (tertiary/aromatic N) is 2. The van der Waals surface area contributed by atoms with Crippen molar-refractivity contribution in [1.82, 2.24) is 4.57 Å². The molecule has 0 radical (unpaired) electrons. The lowest BCUT2D eigenvalue weighted by Gasteiger charge is -2.00. The van der Waals surface area contributed by atoms with Crippen molar-refractivity contribution in [2.45, 2.75) is 18.4 Å². The molecule has 0 unspecified atom stereocenters. The van der Waals surface area contributed by atoms with Crippen molar-refractivity contribution in [2.75, 3.05) is 0 Å². The maximum atomic E-state index is 12.4. The molecule has 108 valence electrons. The number of fused-ring (bicyclic) bond motifs is 1. The van der Waals surface area contributed by atoms with Crippen LogP contribution in [0.15, 0.2) is 63.9 Å². The van der Waals surface area contributed by atoms with Gasteiger partial charge in [0.1, 0.15) is 0 Å². The molecule has 3 rings (SSSR count). The van der Waals surface area contributed by atoms with Crippen molar-refractivity contribution in [3.63, 3.8) is 0 Å². The van der Waals surface area contributed by atoms with Crippen molar-refractivity contribution in [3.8, 4) is 0 Å². The van der Waals surface area contributed by atoms with Gasteiger partial charge in [-0.1, -0.05) is 41.7 Å². The molecule has 0 saturated heterocycles. The summed E-state index contributed by atoms with van der Waals surface area (Å²) in [5.41, 5.74) is 1.01. The summed E-state index contributed by atoms with van der Waals surface area (Å²) < 4.78 is 31.7. The molecule has 0 aliphatic rings. The summed E-state index contributed by atoms with van der Waals surface area (Å²) in [6, 6.07) is 16.1. The lowest BCUT2D eigenvalue weighted by atomic mass is 10.3. The van der Waals surface area contributed by atoms with Gasteiger partial charge in [0.2, 0.25) is 4.80 Å². The number of thiazole rings is 1. The second-order valence-corrected chi connectivity index (χ2v) is 7.09. The van der Waals surface area contributed by atoms with Gasteiger partial charge in [-0.2, -0.15) is 8.42 Å². The molecule has 0 spiro atoms. The number of hydrogen-bond donors (Lipinski definition) is 0. The SMILES string of the molecule is CCn1/c(=N/S(=O)(=O)c2ccccc2)sc2ccccc21. The maximum Gasteiger partial charge on any atom is 0.285 e. The Balaban J connectivity index is 2.25. The molecule has 2 aromatic carbocycles. The van der Waals surface area contributed by atoms with E-state index >= 15 is 0 Å². The summed E-state index contributed by atoms with van der Waals surface area (Å²) in [7, 11) is -3.68. The number of rotatable bonds is 3. The first-order valence-electron chi connectivity index (χ1n) is 6.56. The van der Waals surface area contributed by atoms with E-state index < -0.39 is 10.0 Å². The normalized spacial score (nSPS) is 12.9. The van der Waals surface area contributed by atoms with Gasteiger partial charge < -0.3 is 4.57 Å². The minimum Gasteiger partial charge on any atom is -0.316 e. The third-order valence-electron chi connectivity index (χ3n) is 3.14. The number of aromatic nitrogens is 1. The zero-order chi connectivity index (χ0) is 14.9. The fourth-order valence-electron chi connectivity index (χ4n) is 2.14. The Morgan fingerprint density at radius 2 is 1.71 bits per heavy atom. The van der Waals surface area contributed by atoms with E-state index in [0.29, 0.717) is 11.3 Å². The van der Waals surface area contributed by atoms with Crippen LogP contribution >= 0.6 is 11.3 Å². The number of para-hydroxylation sites is 1. The smallest absolute Gasteiger partial charge is 0.285 e. The van der Waals surface area contributed by atoms with Crippen LogP contribution in [-0.2, 0) is 16.6 Å². The zero-order valence-corrected chi connectivity index (χ0v) is 13.1. The molecular weight excluding hydrogens is 304 g/mol. The number of benzene rings is 2. The third-order valence-corrected chi connectivity index (χ3v) is 5.60. The molecule has 0 amide bonds. The fourth-order valence-corrected chi connectivity index (χ4v) is 4.46. The molecule has 0 atom stereocenters.